The zero-order valence-corrected chi connectivity index (χ0v) is 17.3. The quantitative estimate of drug-likeness (QED) is 0.525. The summed E-state index contributed by atoms with van der Waals surface area (Å²) in [5.41, 5.74) is 4.41. The molecule has 1 aliphatic rings. The average molecular weight is 409 g/mol. The lowest BCUT2D eigenvalue weighted by atomic mass is 10.0. The summed E-state index contributed by atoms with van der Waals surface area (Å²) in [4.78, 5) is 18.2. The number of aromatic nitrogens is 2. The second kappa shape index (κ2) is 8.11. The van der Waals surface area contributed by atoms with Gasteiger partial charge in [-0.25, -0.2) is 4.98 Å². The van der Waals surface area contributed by atoms with E-state index in [1.54, 1.807) is 7.11 Å². The summed E-state index contributed by atoms with van der Waals surface area (Å²) >= 11 is 0. The minimum Gasteiger partial charge on any atom is -0.497 e. The number of hydrogen-bond acceptors (Lipinski definition) is 3. The average Bonchev–Trinajstić information content (AvgIpc) is 3.20. The zero-order chi connectivity index (χ0) is 21.2. The number of nitrogens with zero attached hydrogens (tertiary/aromatic N) is 2. The van der Waals surface area contributed by atoms with Crippen molar-refractivity contribution >= 4 is 5.91 Å². The van der Waals surface area contributed by atoms with Crippen LogP contribution in [0.4, 0.5) is 0 Å². The molecule has 5 heteroatoms. The largest absolute Gasteiger partial charge is 0.497 e. The lowest BCUT2D eigenvalue weighted by Crippen LogP contribution is -2.45. The van der Waals surface area contributed by atoms with Crippen LogP contribution >= 0.6 is 0 Å². The van der Waals surface area contributed by atoms with Crippen molar-refractivity contribution in [1.29, 1.82) is 0 Å². The van der Waals surface area contributed by atoms with E-state index in [1.807, 2.05) is 72.8 Å². The Labute approximate surface area is 181 Å². The maximum Gasteiger partial charge on any atom is 0.270 e. The van der Waals surface area contributed by atoms with Crippen molar-refractivity contribution < 1.29 is 9.53 Å². The first-order valence-corrected chi connectivity index (χ1v) is 10.4. The molecule has 0 aliphatic carbocycles. The van der Waals surface area contributed by atoms with Gasteiger partial charge in [0.05, 0.1) is 13.2 Å². The van der Waals surface area contributed by atoms with E-state index in [1.165, 1.54) is 5.56 Å². The highest BCUT2D eigenvalue weighted by Gasteiger charge is 2.31. The molecule has 31 heavy (non-hydrogen) atoms. The van der Waals surface area contributed by atoms with Crippen LogP contribution in [-0.4, -0.2) is 28.6 Å². The first-order valence-electron chi connectivity index (χ1n) is 10.4. The van der Waals surface area contributed by atoms with Crippen molar-refractivity contribution in [2.24, 2.45) is 0 Å². The van der Waals surface area contributed by atoms with Gasteiger partial charge in [-0.15, -0.1) is 0 Å². The maximum atomic E-state index is 13.2. The monoisotopic (exact) mass is 409 g/mol. The predicted molar refractivity (Wildman–Crippen MR) is 121 cm³/mol. The third-order valence-electron chi connectivity index (χ3n) is 5.64. The van der Waals surface area contributed by atoms with Gasteiger partial charge in [-0.3, -0.25) is 4.79 Å². The van der Waals surface area contributed by atoms with Crippen LogP contribution in [0.1, 0.15) is 16.1 Å². The van der Waals surface area contributed by atoms with Gasteiger partial charge in [0, 0.05) is 17.7 Å². The predicted octanol–water partition coefficient (Wildman–Crippen LogP) is 4.58. The van der Waals surface area contributed by atoms with E-state index in [2.05, 4.69) is 22.0 Å². The van der Waals surface area contributed by atoms with Crippen molar-refractivity contribution in [2.75, 3.05) is 7.11 Å². The fourth-order valence-corrected chi connectivity index (χ4v) is 4.15. The molecule has 1 amide bonds. The highest BCUT2D eigenvalue weighted by molar-refractivity contribution is 6.00. The first kappa shape index (κ1) is 19.1. The highest BCUT2D eigenvalue weighted by atomic mass is 16.5. The Hall–Kier alpha value is -3.86. The molecule has 0 fully saturated rings. The van der Waals surface area contributed by atoms with E-state index < -0.39 is 0 Å². The normalized spacial score (nSPS) is 15.3. The number of methoxy groups -OCH3 is 1. The Bertz CT molecular complexity index is 1200. The number of amides is 1. The first-order chi connectivity index (χ1) is 15.2. The molecule has 2 heterocycles. The molecule has 0 bridgehead atoms. The molecule has 5 rings (SSSR count). The van der Waals surface area contributed by atoms with Gasteiger partial charge in [0.1, 0.15) is 23.0 Å². The number of carbonyl (C=O) groups is 1. The minimum atomic E-state index is -0.0849. The Balaban J connectivity index is 1.59. The molecule has 1 aromatic heterocycles. The Morgan fingerprint density at radius 2 is 1.61 bits per heavy atom. The van der Waals surface area contributed by atoms with Crippen molar-refractivity contribution in [3.63, 3.8) is 0 Å². The van der Waals surface area contributed by atoms with Crippen molar-refractivity contribution in [1.82, 2.24) is 14.9 Å². The van der Waals surface area contributed by atoms with Gasteiger partial charge in [-0.1, -0.05) is 60.7 Å². The SMILES string of the molecule is COc1ccc(-c2nc(-c3ccccc3)c3n2C[C@H](Cc2ccccc2)NC3=O)cc1. The molecule has 0 spiro atoms. The van der Waals surface area contributed by atoms with E-state index in [4.69, 9.17) is 9.72 Å². The highest BCUT2D eigenvalue weighted by Crippen LogP contribution is 2.32. The van der Waals surface area contributed by atoms with Crippen LogP contribution in [0.2, 0.25) is 0 Å². The van der Waals surface area contributed by atoms with E-state index in [0.29, 0.717) is 17.9 Å². The number of benzene rings is 3. The third kappa shape index (κ3) is 3.70. The van der Waals surface area contributed by atoms with Crippen LogP contribution in [0.25, 0.3) is 22.6 Å². The second-order valence-electron chi connectivity index (χ2n) is 7.70. The lowest BCUT2D eigenvalue weighted by Gasteiger charge is -2.27. The van der Waals surface area contributed by atoms with Crippen LogP contribution < -0.4 is 10.1 Å². The summed E-state index contributed by atoms with van der Waals surface area (Å²) in [6, 6.07) is 27.9. The summed E-state index contributed by atoms with van der Waals surface area (Å²) in [5, 5.41) is 3.19. The van der Waals surface area contributed by atoms with Gasteiger partial charge in [0.2, 0.25) is 0 Å². The van der Waals surface area contributed by atoms with Gasteiger partial charge in [0.25, 0.3) is 5.91 Å². The fraction of sp³-hybridized carbons (Fsp3) is 0.154. The molecule has 1 atom stereocenters. The zero-order valence-electron chi connectivity index (χ0n) is 17.3. The minimum absolute atomic E-state index is 0.00257. The van der Waals surface area contributed by atoms with Gasteiger partial charge >= 0.3 is 0 Å². The molecular weight excluding hydrogens is 386 g/mol. The van der Waals surface area contributed by atoms with E-state index in [0.717, 1.165) is 29.1 Å². The fourth-order valence-electron chi connectivity index (χ4n) is 4.15. The topological polar surface area (TPSA) is 56.1 Å². The lowest BCUT2D eigenvalue weighted by molar-refractivity contribution is 0.0902. The van der Waals surface area contributed by atoms with Crippen molar-refractivity contribution in [3.05, 3.63) is 96.2 Å². The second-order valence-corrected chi connectivity index (χ2v) is 7.70. The number of carbonyl (C=O) groups excluding carboxylic acids is 1. The van der Waals surface area contributed by atoms with Crippen LogP contribution in [0.5, 0.6) is 5.75 Å². The molecule has 0 saturated carbocycles. The molecule has 5 nitrogen and oxygen atoms in total. The summed E-state index contributed by atoms with van der Waals surface area (Å²) in [6.45, 7) is 0.664. The standard InChI is InChI=1S/C26H23N3O2/c1-31-22-14-12-20(13-15-22)25-28-23(19-10-6-3-7-11-19)24-26(30)27-21(17-29(24)25)16-18-8-4-2-5-9-18/h2-15,21H,16-17H2,1H3,(H,27,30)/t21-/m0/s1. The molecular formula is C26H23N3O2. The van der Waals surface area contributed by atoms with Gasteiger partial charge in [-0.2, -0.15) is 0 Å². The van der Waals surface area contributed by atoms with Crippen LogP contribution in [-0.2, 0) is 13.0 Å². The molecule has 1 aliphatic heterocycles. The number of nitrogens with one attached hydrogen (secondary N) is 1. The Morgan fingerprint density at radius 3 is 2.29 bits per heavy atom. The van der Waals surface area contributed by atoms with Crippen molar-refractivity contribution in [3.8, 4) is 28.4 Å². The number of hydrogen-bond donors (Lipinski definition) is 1. The Kier molecular flexibility index (Phi) is 5.00. The van der Waals surface area contributed by atoms with Gasteiger partial charge in [0.15, 0.2) is 0 Å². The summed E-state index contributed by atoms with van der Waals surface area (Å²) in [6.07, 6.45) is 0.771. The smallest absolute Gasteiger partial charge is 0.270 e. The molecule has 1 N–H and O–H groups in total. The Morgan fingerprint density at radius 1 is 0.935 bits per heavy atom. The molecule has 0 saturated heterocycles. The molecule has 0 radical (unpaired) electrons. The van der Waals surface area contributed by atoms with E-state index in [9.17, 15) is 4.79 Å². The number of fused-ring (bicyclic) bond motifs is 1. The van der Waals surface area contributed by atoms with Crippen LogP contribution in [0.3, 0.4) is 0 Å². The summed E-state index contributed by atoms with van der Waals surface area (Å²) in [5.74, 6) is 1.50. The van der Waals surface area contributed by atoms with Gasteiger partial charge < -0.3 is 14.6 Å². The van der Waals surface area contributed by atoms with Crippen LogP contribution in [0, 0.1) is 0 Å². The number of imidazole rings is 1. The molecule has 3 aromatic carbocycles. The van der Waals surface area contributed by atoms with Crippen LogP contribution in [0.15, 0.2) is 84.9 Å². The third-order valence-corrected chi connectivity index (χ3v) is 5.64. The van der Waals surface area contributed by atoms with Gasteiger partial charge in [-0.05, 0) is 36.2 Å². The van der Waals surface area contributed by atoms with E-state index in [-0.39, 0.29) is 11.9 Å². The van der Waals surface area contributed by atoms with E-state index >= 15 is 0 Å². The number of rotatable bonds is 5. The maximum absolute atomic E-state index is 13.2. The molecule has 4 aromatic rings. The molecule has 0 unspecified atom stereocenters. The molecule has 154 valence electrons. The number of ether oxygens (including phenoxy) is 1. The van der Waals surface area contributed by atoms with Crippen molar-refractivity contribution in [2.45, 2.75) is 19.0 Å². The summed E-state index contributed by atoms with van der Waals surface area (Å²) < 4.78 is 7.37. The summed E-state index contributed by atoms with van der Waals surface area (Å²) in [7, 11) is 1.65.